The van der Waals surface area contributed by atoms with E-state index in [9.17, 15) is 14.4 Å². The fraction of sp³-hybridized carbons (Fsp3) is 0.286. The van der Waals surface area contributed by atoms with E-state index in [1.807, 2.05) is 12.1 Å². The van der Waals surface area contributed by atoms with Gasteiger partial charge in [-0.05, 0) is 49.6 Å². The van der Waals surface area contributed by atoms with Gasteiger partial charge in [-0.2, -0.15) is 0 Å². The van der Waals surface area contributed by atoms with Crippen molar-refractivity contribution >= 4 is 23.5 Å². The molecule has 138 valence electrons. The molecule has 6 heteroatoms. The summed E-state index contributed by atoms with van der Waals surface area (Å²) in [6.07, 6.45) is 2.31. The van der Waals surface area contributed by atoms with Crippen LogP contribution in [0.1, 0.15) is 46.0 Å². The van der Waals surface area contributed by atoms with Crippen LogP contribution in [-0.2, 0) is 16.0 Å². The minimum atomic E-state index is -1.31. The standard InChI is InChI=1S/C21H20N2O4/c1-21(12-14-5-2-3-8-17(14)19(25)27-21)20(26)23-16-7-4-6-13(11-16)18(24)22-15-9-10-15/h2-8,11,15H,9-10,12H2,1H3,(H,22,24)(H,23,26)/t21-/m0/s1. The molecule has 1 saturated carbocycles. The largest absolute Gasteiger partial charge is 0.445 e. The highest BCUT2D eigenvalue weighted by molar-refractivity contribution is 6.03. The fourth-order valence-corrected chi connectivity index (χ4v) is 3.16. The summed E-state index contributed by atoms with van der Waals surface area (Å²) in [6.45, 7) is 1.60. The number of rotatable bonds is 4. The van der Waals surface area contributed by atoms with Crippen LogP contribution in [0.3, 0.4) is 0 Å². The minimum absolute atomic E-state index is 0.155. The summed E-state index contributed by atoms with van der Waals surface area (Å²) in [4.78, 5) is 37.3. The van der Waals surface area contributed by atoms with Crippen molar-refractivity contribution < 1.29 is 19.1 Å². The summed E-state index contributed by atoms with van der Waals surface area (Å²) in [5, 5.41) is 5.69. The Morgan fingerprint density at radius 1 is 1.11 bits per heavy atom. The van der Waals surface area contributed by atoms with Crippen LogP contribution in [0.2, 0.25) is 0 Å². The van der Waals surface area contributed by atoms with Crippen LogP contribution >= 0.6 is 0 Å². The van der Waals surface area contributed by atoms with Crippen molar-refractivity contribution in [2.24, 2.45) is 0 Å². The number of esters is 1. The van der Waals surface area contributed by atoms with Crippen LogP contribution in [0.25, 0.3) is 0 Å². The lowest BCUT2D eigenvalue weighted by atomic mass is 9.89. The highest BCUT2D eigenvalue weighted by Gasteiger charge is 2.42. The van der Waals surface area contributed by atoms with Gasteiger partial charge in [0.05, 0.1) is 5.56 Å². The van der Waals surface area contributed by atoms with Gasteiger partial charge < -0.3 is 15.4 Å². The fourth-order valence-electron chi connectivity index (χ4n) is 3.16. The molecule has 1 atom stereocenters. The first-order chi connectivity index (χ1) is 12.9. The van der Waals surface area contributed by atoms with Crippen molar-refractivity contribution in [1.82, 2.24) is 5.32 Å². The Hall–Kier alpha value is -3.15. The van der Waals surface area contributed by atoms with Crippen molar-refractivity contribution in [2.75, 3.05) is 5.32 Å². The summed E-state index contributed by atoms with van der Waals surface area (Å²) in [5.41, 5.74) is 0.929. The molecular formula is C21H20N2O4. The Labute approximate surface area is 156 Å². The number of nitrogens with one attached hydrogen (secondary N) is 2. The number of ether oxygens (including phenoxy) is 1. The van der Waals surface area contributed by atoms with Gasteiger partial charge in [-0.1, -0.05) is 24.3 Å². The number of carbonyl (C=O) groups excluding carboxylic acids is 3. The molecule has 2 N–H and O–H groups in total. The van der Waals surface area contributed by atoms with E-state index < -0.39 is 17.5 Å². The van der Waals surface area contributed by atoms with Crippen LogP contribution in [-0.4, -0.2) is 29.4 Å². The zero-order chi connectivity index (χ0) is 19.0. The first-order valence-electron chi connectivity index (χ1n) is 8.98. The SMILES string of the molecule is C[C@@]1(C(=O)Nc2cccc(C(=O)NC3CC3)c2)Cc2ccccc2C(=O)O1. The second-order valence-corrected chi connectivity index (χ2v) is 7.24. The Bertz CT molecular complexity index is 935. The third-order valence-electron chi connectivity index (χ3n) is 4.86. The molecule has 0 unspecified atom stereocenters. The highest BCUT2D eigenvalue weighted by atomic mass is 16.6. The van der Waals surface area contributed by atoms with Crippen LogP contribution in [0.4, 0.5) is 5.69 Å². The molecule has 0 spiro atoms. The maximum Gasteiger partial charge on any atom is 0.339 e. The molecular weight excluding hydrogens is 344 g/mol. The molecule has 1 heterocycles. The second kappa shape index (κ2) is 6.54. The number of anilines is 1. The van der Waals surface area contributed by atoms with Gasteiger partial charge in [0, 0.05) is 23.7 Å². The molecule has 0 radical (unpaired) electrons. The molecule has 1 aliphatic heterocycles. The van der Waals surface area contributed by atoms with Gasteiger partial charge in [0.2, 0.25) is 0 Å². The van der Waals surface area contributed by atoms with Crippen LogP contribution in [0.5, 0.6) is 0 Å². The van der Waals surface area contributed by atoms with E-state index in [0.29, 0.717) is 23.2 Å². The van der Waals surface area contributed by atoms with Crippen molar-refractivity contribution in [3.8, 4) is 0 Å². The monoisotopic (exact) mass is 364 g/mol. The summed E-state index contributed by atoms with van der Waals surface area (Å²) < 4.78 is 5.44. The van der Waals surface area contributed by atoms with Crippen LogP contribution in [0.15, 0.2) is 48.5 Å². The van der Waals surface area contributed by atoms with Crippen LogP contribution in [0, 0.1) is 0 Å². The van der Waals surface area contributed by atoms with Gasteiger partial charge in [0.25, 0.3) is 11.8 Å². The van der Waals surface area contributed by atoms with Gasteiger partial charge in [-0.25, -0.2) is 4.79 Å². The summed E-state index contributed by atoms with van der Waals surface area (Å²) in [7, 11) is 0. The lowest BCUT2D eigenvalue weighted by Crippen LogP contribution is -2.48. The number of cyclic esters (lactones) is 1. The van der Waals surface area contributed by atoms with E-state index >= 15 is 0 Å². The number of hydrogen-bond donors (Lipinski definition) is 2. The van der Waals surface area contributed by atoms with E-state index in [-0.39, 0.29) is 11.9 Å². The van der Waals surface area contributed by atoms with Crippen molar-refractivity contribution in [1.29, 1.82) is 0 Å². The van der Waals surface area contributed by atoms with Gasteiger partial charge in [0.1, 0.15) is 0 Å². The average Bonchev–Trinajstić information content (AvgIpc) is 3.46. The zero-order valence-corrected chi connectivity index (χ0v) is 15.0. The molecule has 0 aromatic heterocycles. The van der Waals surface area contributed by atoms with E-state index in [0.717, 1.165) is 18.4 Å². The first kappa shape index (κ1) is 17.3. The molecule has 2 aromatic carbocycles. The summed E-state index contributed by atoms with van der Waals surface area (Å²) in [5.74, 6) is -1.09. The quantitative estimate of drug-likeness (QED) is 0.817. The predicted molar refractivity (Wildman–Crippen MR) is 99.5 cm³/mol. The number of hydrogen-bond acceptors (Lipinski definition) is 4. The van der Waals surface area contributed by atoms with Crippen molar-refractivity contribution in [3.63, 3.8) is 0 Å². The maximum absolute atomic E-state index is 12.8. The third-order valence-corrected chi connectivity index (χ3v) is 4.86. The highest BCUT2D eigenvalue weighted by Crippen LogP contribution is 2.29. The third kappa shape index (κ3) is 3.56. The normalized spacial score (nSPS) is 21.0. The molecule has 0 saturated heterocycles. The Morgan fingerprint density at radius 3 is 2.67 bits per heavy atom. The van der Waals surface area contributed by atoms with Gasteiger partial charge in [-0.15, -0.1) is 0 Å². The predicted octanol–water partition coefficient (Wildman–Crippen LogP) is 2.69. The summed E-state index contributed by atoms with van der Waals surface area (Å²) in [6, 6.07) is 14.1. The van der Waals surface area contributed by atoms with Crippen molar-refractivity contribution in [2.45, 2.75) is 37.8 Å². The van der Waals surface area contributed by atoms with Gasteiger partial charge >= 0.3 is 5.97 Å². The van der Waals surface area contributed by atoms with Crippen LogP contribution < -0.4 is 10.6 Å². The molecule has 2 aromatic rings. The smallest absolute Gasteiger partial charge is 0.339 e. The lowest BCUT2D eigenvalue weighted by molar-refractivity contribution is -0.134. The first-order valence-corrected chi connectivity index (χ1v) is 8.98. The number of fused-ring (bicyclic) bond motifs is 1. The minimum Gasteiger partial charge on any atom is -0.445 e. The molecule has 6 nitrogen and oxygen atoms in total. The Kier molecular flexibility index (Phi) is 4.18. The molecule has 2 aliphatic rings. The molecule has 27 heavy (non-hydrogen) atoms. The van der Waals surface area contributed by atoms with E-state index in [4.69, 9.17) is 4.74 Å². The molecule has 1 fully saturated rings. The Morgan fingerprint density at radius 2 is 1.89 bits per heavy atom. The molecule has 4 rings (SSSR count). The zero-order valence-electron chi connectivity index (χ0n) is 15.0. The van der Waals surface area contributed by atoms with Gasteiger partial charge in [0.15, 0.2) is 5.60 Å². The molecule has 1 aliphatic carbocycles. The van der Waals surface area contributed by atoms with Gasteiger partial charge in [-0.3, -0.25) is 9.59 Å². The average molecular weight is 364 g/mol. The van der Waals surface area contributed by atoms with E-state index in [1.165, 1.54) is 0 Å². The topological polar surface area (TPSA) is 84.5 Å². The summed E-state index contributed by atoms with van der Waals surface area (Å²) >= 11 is 0. The van der Waals surface area contributed by atoms with E-state index in [2.05, 4.69) is 10.6 Å². The van der Waals surface area contributed by atoms with E-state index in [1.54, 1.807) is 43.3 Å². The Balaban J connectivity index is 1.50. The lowest BCUT2D eigenvalue weighted by Gasteiger charge is -2.33. The number of amides is 2. The number of carbonyl (C=O) groups is 3. The molecule has 2 amide bonds. The second-order valence-electron chi connectivity index (χ2n) is 7.24. The number of benzene rings is 2. The van der Waals surface area contributed by atoms with Crippen molar-refractivity contribution in [3.05, 3.63) is 65.2 Å². The molecule has 0 bridgehead atoms. The maximum atomic E-state index is 12.8.